The molecule has 0 aliphatic heterocycles. The number of hydrogen-bond donors (Lipinski definition) is 1. The summed E-state index contributed by atoms with van der Waals surface area (Å²) >= 11 is 3.44. The maximum atomic E-state index is 10.6. The number of carboxylic acids is 1. The number of aliphatic carboxylic acids is 1. The summed E-state index contributed by atoms with van der Waals surface area (Å²) in [6.45, 7) is 3.72. The van der Waals surface area contributed by atoms with Crippen LogP contribution in [0.1, 0.15) is 12.5 Å². The lowest BCUT2D eigenvalue weighted by molar-refractivity contribution is -0.131. The van der Waals surface area contributed by atoms with Crippen LogP contribution in [0.3, 0.4) is 0 Å². The molecule has 5 nitrogen and oxygen atoms in total. The Balaban J connectivity index is 2.98. The van der Waals surface area contributed by atoms with Crippen molar-refractivity contribution in [1.82, 2.24) is 4.90 Å². The van der Waals surface area contributed by atoms with Crippen LogP contribution in [-0.4, -0.2) is 49.8 Å². The summed E-state index contributed by atoms with van der Waals surface area (Å²) in [6, 6.07) is 3.56. The van der Waals surface area contributed by atoms with Crippen molar-refractivity contribution in [1.29, 1.82) is 0 Å². The average molecular weight is 358 g/mol. The largest absolute Gasteiger partial charge is 0.490 e. The molecule has 0 unspecified atom stereocenters. The molecular weight excluding hydrogens is 338 g/mol. The fraction of sp³-hybridized carbons (Fsp3) is 0.400. The van der Waals surface area contributed by atoms with E-state index < -0.39 is 5.97 Å². The van der Waals surface area contributed by atoms with Gasteiger partial charge in [-0.25, -0.2) is 4.79 Å². The SMILES string of the molecule is CCOc1cc(C=CC(=O)O)cc(Br)c1OCCN(C)C. The van der Waals surface area contributed by atoms with Crippen LogP contribution in [-0.2, 0) is 4.79 Å². The standard InChI is InChI=1S/C15H20BrNO4/c1-4-20-13-10-11(5-6-14(18)19)9-12(16)15(13)21-8-7-17(2)3/h5-6,9-10H,4,7-8H2,1-3H3,(H,18,19). The molecule has 0 aliphatic carbocycles. The van der Waals surface area contributed by atoms with Gasteiger partial charge in [-0.05, 0) is 60.7 Å². The summed E-state index contributed by atoms with van der Waals surface area (Å²) in [5, 5.41) is 8.68. The van der Waals surface area contributed by atoms with Crippen molar-refractivity contribution in [3.05, 3.63) is 28.2 Å². The molecule has 6 heteroatoms. The van der Waals surface area contributed by atoms with Crippen LogP contribution in [0.2, 0.25) is 0 Å². The molecule has 116 valence electrons. The lowest BCUT2D eigenvalue weighted by Gasteiger charge is -2.16. The van der Waals surface area contributed by atoms with Crippen molar-refractivity contribution in [3.63, 3.8) is 0 Å². The minimum absolute atomic E-state index is 0.503. The normalized spacial score (nSPS) is 11.1. The third-order valence-electron chi connectivity index (χ3n) is 2.53. The fourth-order valence-corrected chi connectivity index (χ4v) is 2.16. The van der Waals surface area contributed by atoms with Crippen LogP contribution >= 0.6 is 15.9 Å². The topological polar surface area (TPSA) is 59.0 Å². The zero-order valence-corrected chi connectivity index (χ0v) is 14.0. The van der Waals surface area contributed by atoms with E-state index in [0.717, 1.165) is 22.7 Å². The molecule has 0 atom stereocenters. The van der Waals surface area contributed by atoms with E-state index >= 15 is 0 Å². The van der Waals surface area contributed by atoms with E-state index in [1.165, 1.54) is 6.08 Å². The first-order valence-corrected chi connectivity index (χ1v) is 7.38. The van der Waals surface area contributed by atoms with Crippen LogP contribution in [0.5, 0.6) is 11.5 Å². The Bertz CT molecular complexity index is 515. The lowest BCUT2D eigenvalue weighted by atomic mass is 10.2. The Morgan fingerprint density at radius 2 is 2.10 bits per heavy atom. The fourth-order valence-electron chi connectivity index (χ4n) is 1.58. The van der Waals surface area contributed by atoms with Gasteiger partial charge in [-0.15, -0.1) is 0 Å². The third kappa shape index (κ3) is 6.18. The van der Waals surface area contributed by atoms with E-state index in [0.29, 0.717) is 24.7 Å². The van der Waals surface area contributed by atoms with Gasteiger partial charge in [0.15, 0.2) is 11.5 Å². The van der Waals surface area contributed by atoms with E-state index in [9.17, 15) is 4.79 Å². The van der Waals surface area contributed by atoms with Gasteiger partial charge in [-0.2, -0.15) is 0 Å². The van der Waals surface area contributed by atoms with Gasteiger partial charge in [0.1, 0.15) is 6.61 Å². The first-order chi connectivity index (χ1) is 9.93. The number of likely N-dealkylation sites (N-methyl/N-ethyl adjacent to an activating group) is 1. The summed E-state index contributed by atoms with van der Waals surface area (Å²) in [7, 11) is 3.95. The Labute approximate surface area is 133 Å². The third-order valence-corrected chi connectivity index (χ3v) is 3.12. The first-order valence-electron chi connectivity index (χ1n) is 6.59. The van der Waals surface area contributed by atoms with Crippen molar-refractivity contribution in [2.75, 3.05) is 33.9 Å². The highest BCUT2D eigenvalue weighted by molar-refractivity contribution is 9.10. The monoisotopic (exact) mass is 357 g/mol. The van der Waals surface area contributed by atoms with E-state index in [-0.39, 0.29) is 0 Å². The van der Waals surface area contributed by atoms with Gasteiger partial charge in [-0.3, -0.25) is 0 Å². The molecule has 1 rings (SSSR count). The predicted molar refractivity (Wildman–Crippen MR) is 86.0 cm³/mol. The van der Waals surface area contributed by atoms with Crippen LogP contribution < -0.4 is 9.47 Å². The molecule has 0 radical (unpaired) electrons. The van der Waals surface area contributed by atoms with Crippen molar-refractivity contribution >= 4 is 28.0 Å². The summed E-state index contributed by atoms with van der Waals surface area (Å²) in [4.78, 5) is 12.6. The Kier molecular flexibility index (Phi) is 7.25. The van der Waals surface area contributed by atoms with E-state index in [1.54, 1.807) is 12.1 Å². The Morgan fingerprint density at radius 3 is 2.67 bits per heavy atom. The summed E-state index contributed by atoms with van der Waals surface area (Å²) < 4.78 is 12.1. The minimum atomic E-state index is -0.990. The molecule has 0 aromatic heterocycles. The molecule has 0 spiro atoms. The number of halogens is 1. The number of ether oxygens (including phenoxy) is 2. The molecule has 0 amide bonds. The van der Waals surface area contributed by atoms with Gasteiger partial charge in [-0.1, -0.05) is 0 Å². The van der Waals surface area contributed by atoms with Crippen LogP contribution in [0.25, 0.3) is 6.08 Å². The highest BCUT2D eigenvalue weighted by atomic mass is 79.9. The van der Waals surface area contributed by atoms with E-state index in [2.05, 4.69) is 15.9 Å². The number of nitrogens with zero attached hydrogens (tertiary/aromatic N) is 1. The number of carboxylic acid groups (broad SMARTS) is 1. The zero-order valence-electron chi connectivity index (χ0n) is 12.4. The summed E-state index contributed by atoms with van der Waals surface area (Å²) in [5.41, 5.74) is 0.729. The molecule has 0 saturated heterocycles. The lowest BCUT2D eigenvalue weighted by Crippen LogP contribution is -2.19. The minimum Gasteiger partial charge on any atom is -0.490 e. The predicted octanol–water partition coefficient (Wildman–Crippen LogP) is 2.89. The van der Waals surface area contributed by atoms with Gasteiger partial charge in [0.25, 0.3) is 0 Å². The van der Waals surface area contributed by atoms with E-state index in [4.69, 9.17) is 14.6 Å². The molecule has 0 saturated carbocycles. The molecule has 1 N–H and O–H groups in total. The molecule has 0 aliphatic rings. The molecule has 1 aromatic rings. The van der Waals surface area contributed by atoms with Gasteiger partial charge in [0.2, 0.25) is 0 Å². The molecule has 0 fully saturated rings. The molecule has 0 bridgehead atoms. The first kappa shape index (κ1) is 17.5. The second kappa shape index (κ2) is 8.69. The van der Waals surface area contributed by atoms with Crippen molar-refractivity contribution in [2.45, 2.75) is 6.92 Å². The summed E-state index contributed by atoms with van der Waals surface area (Å²) in [6.07, 6.45) is 2.60. The number of rotatable bonds is 8. The quantitative estimate of drug-likeness (QED) is 0.725. The van der Waals surface area contributed by atoms with Crippen molar-refractivity contribution < 1.29 is 19.4 Å². The van der Waals surface area contributed by atoms with Crippen molar-refractivity contribution in [2.24, 2.45) is 0 Å². The van der Waals surface area contributed by atoms with Crippen molar-refractivity contribution in [3.8, 4) is 11.5 Å². The molecule has 21 heavy (non-hydrogen) atoms. The number of hydrogen-bond acceptors (Lipinski definition) is 4. The average Bonchev–Trinajstić information content (AvgIpc) is 2.39. The zero-order chi connectivity index (χ0) is 15.8. The highest BCUT2D eigenvalue weighted by Gasteiger charge is 2.11. The molecule has 1 aromatic carbocycles. The van der Waals surface area contributed by atoms with Gasteiger partial charge < -0.3 is 19.5 Å². The maximum Gasteiger partial charge on any atom is 0.328 e. The van der Waals surface area contributed by atoms with Crippen LogP contribution in [0.4, 0.5) is 0 Å². The number of carbonyl (C=O) groups is 1. The second-order valence-electron chi connectivity index (χ2n) is 4.59. The van der Waals surface area contributed by atoms with Gasteiger partial charge in [0.05, 0.1) is 11.1 Å². The maximum absolute atomic E-state index is 10.6. The Morgan fingerprint density at radius 1 is 1.38 bits per heavy atom. The molecular formula is C15H20BrNO4. The summed E-state index contributed by atoms with van der Waals surface area (Å²) in [5.74, 6) is 0.234. The van der Waals surface area contributed by atoms with Crippen LogP contribution in [0, 0.1) is 0 Å². The van der Waals surface area contributed by atoms with Gasteiger partial charge >= 0.3 is 5.97 Å². The van der Waals surface area contributed by atoms with Gasteiger partial charge in [0, 0.05) is 12.6 Å². The number of benzene rings is 1. The molecule has 0 heterocycles. The van der Waals surface area contributed by atoms with Crippen LogP contribution in [0.15, 0.2) is 22.7 Å². The smallest absolute Gasteiger partial charge is 0.328 e. The Hall–Kier alpha value is -1.53. The highest BCUT2D eigenvalue weighted by Crippen LogP contribution is 2.37. The second-order valence-corrected chi connectivity index (χ2v) is 5.44. The van der Waals surface area contributed by atoms with E-state index in [1.807, 2.05) is 25.9 Å².